The number of benzene rings is 1. The number of hydrogen-bond acceptors (Lipinski definition) is 7. The van der Waals surface area contributed by atoms with E-state index in [1.807, 2.05) is 24.3 Å². The number of esters is 1. The molecule has 0 bridgehead atoms. The molecule has 23 heavy (non-hydrogen) atoms. The van der Waals surface area contributed by atoms with E-state index in [1.54, 1.807) is 14.2 Å². The summed E-state index contributed by atoms with van der Waals surface area (Å²) in [6.45, 7) is 0.0624. The molecule has 0 aliphatic rings. The molecule has 0 atom stereocenters. The second-order valence-electron chi connectivity index (χ2n) is 4.74. The molecule has 0 fully saturated rings. The molecule has 122 valence electrons. The number of nitrogens with two attached hydrogens (primary N) is 1. The van der Waals surface area contributed by atoms with Crippen LogP contribution >= 0.6 is 11.3 Å². The van der Waals surface area contributed by atoms with Gasteiger partial charge in [-0.3, -0.25) is 4.79 Å². The Balaban J connectivity index is 1.83. The Morgan fingerprint density at radius 1 is 1.30 bits per heavy atom. The van der Waals surface area contributed by atoms with Crippen molar-refractivity contribution in [2.45, 2.75) is 6.54 Å². The van der Waals surface area contributed by atoms with E-state index in [0.29, 0.717) is 6.54 Å². The van der Waals surface area contributed by atoms with Gasteiger partial charge in [-0.25, -0.2) is 9.78 Å². The third-order valence-corrected chi connectivity index (χ3v) is 3.74. The Morgan fingerprint density at radius 2 is 2.00 bits per heavy atom. The number of nitrogen functional groups attached to an aromatic ring is 1. The molecular weight excluding hydrogens is 318 g/mol. The Kier molecular flexibility index (Phi) is 5.53. The van der Waals surface area contributed by atoms with Crippen molar-refractivity contribution in [2.24, 2.45) is 0 Å². The predicted molar refractivity (Wildman–Crippen MR) is 86.3 cm³/mol. The first kappa shape index (κ1) is 16.8. The van der Waals surface area contributed by atoms with E-state index < -0.39 is 5.97 Å². The zero-order chi connectivity index (χ0) is 16.8. The van der Waals surface area contributed by atoms with Crippen LogP contribution in [0.4, 0.5) is 5.13 Å². The van der Waals surface area contributed by atoms with Gasteiger partial charge in [0.25, 0.3) is 5.91 Å². The molecule has 0 unspecified atom stereocenters. The smallest absolute Gasteiger partial charge is 0.358 e. The van der Waals surface area contributed by atoms with Crippen molar-refractivity contribution < 1.29 is 19.1 Å². The number of rotatable bonds is 6. The van der Waals surface area contributed by atoms with Gasteiger partial charge in [0.15, 0.2) is 17.4 Å². The fourth-order valence-electron chi connectivity index (χ4n) is 1.79. The van der Waals surface area contributed by atoms with Gasteiger partial charge in [-0.05, 0) is 17.7 Å². The van der Waals surface area contributed by atoms with Gasteiger partial charge in [0.1, 0.15) is 5.75 Å². The summed E-state index contributed by atoms with van der Waals surface area (Å²) in [6, 6.07) is 7.37. The Labute approximate surface area is 137 Å². The van der Waals surface area contributed by atoms with Crippen molar-refractivity contribution in [1.29, 1.82) is 0 Å². The molecule has 0 aliphatic heterocycles. The van der Waals surface area contributed by atoms with E-state index in [-0.39, 0.29) is 23.3 Å². The summed E-state index contributed by atoms with van der Waals surface area (Å²) in [6.07, 6.45) is 0. The van der Waals surface area contributed by atoms with Crippen LogP contribution in [0.15, 0.2) is 29.6 Å². The fraction of sp³-hybridized carbons (Fsp3) is 0.267. The summed E-state index contributed by atoms with van der Waals surface area (Å²) in [5, 5.41) is 1.77. The maximum atomic E-state index is 12.0. The number of thiazole rings is 1. The molecule has 0 radical (unpaired) electrons. The highest BCUT2D eigenvalue weighted by Gasteiger charge is 2.15. The van der Waals surface area contributed by atoms with Crippen LogP contribution in [0.5, 0.6) is 5.75 Å². The molecule has 1 aromatic heterocycles. The van der Waals surface area contributed by atoms with Crippen LogP contribution in [0, 0.1) is 0 Å². The highest BCUT2D eigenvalue weighted by atomic mass is 32.1. The van der Waals surface area contributed by atoms with Gasteiger partial charge in [-0.2, -0.15) is 0 Å². The Bertz CT molecular complexity index is 684. The summed E-state index contributed by atoms with van der Waals surface area (Å²) >= 11 is 1.14. The van der Waals surface area contributed by atoms with Crippen LogP contribution in [0.3, 0.4) is 0 Å². The molecule has 0 saturated heterocycles. The number of carbonyl (C=O) groups excluding carboxylic acids is 2. The van der Waals surface area contributed by atoms with Crippen LogP contribution in [0.2, 0.25) is 0 Å². The van der Waals surface area contributed by atoms with Gasteiger partial charge in [-0.15, -0.1) is 11.3 Å². The molecular formula is C15H17N3O4S. The van der Waals surface area contributed by atoms with Crippen LogP contribution in [-0.2, 0) is 16.1 Å². The van der Waals surface area contributed by atoms with Crippen LogP contribution < -0.4 is 10.5 Å². The van der Waals surface area contributed by atoms with Crippen molar-refractivity contribution in [3.8, 4) is 5.75 Å². The van der Waals surface area contributed by atoms with E-state index in [0.717, 1.165) is 22.6 Å². The summed E-state index contributed by atoms with van der Waals surface area (Å²) in [7, 11) is 3.23. The molecule has 2 N–H and O–H groups in total. The van der Waals surface area contributed by atoms with Crippen molar-refractivity contribution in [2.75, 3.05) is 26.5 Å². The minimum absolute atomic E-state index is 0.109. The van der Waals surface area contributed by atoms with Crippen molar-refractivity contribution in [3.05, 3.63) is 40.9 Å². The third-order valence-electron chi connectivity index (χ3n) is 3.06. The fourth-order valence-corrected chi connectivity index (χ4v) is 2.32. The lowest BCUT2D eigenvalue weighted by Crippen LogP contribution is -2.30. The Morgan fingerprint density at radius 3 is 2.57 bits per heavy atom. The van der Waals surface area contributed by atoms with E-state index in [4.69, 9.17) is 15.2 Å². The number of hydrogen-bond donors (Lipinski definition) is 1. The molecule has 1 heterocycles. The molecule has 8 heteroatoms. The van der Waals surface area contributed by atoms with Gasteiger partial charge in [-0.1, -0.05) is 12.1 Å². The minimum atomic E-state index is -0.663. The van der Waals surface area contributed by atoms with Crippen LogP contribution in [0.25, 0.3) is 0 Å². The van der Waals surface area contributed by atoms with Gasteiger partial charge < -0.3 is 20.1 Å². The van der Waals surface area contributed by atoms with Crippen molar-refractivity contribution in [3.63, 3.8) is 0 Å². The SMILES string of the molecule is COc1ccc(CN(C)C(=O)COC(=O)c2csc(N)n2)cc1. The molecule has 1 aromatic carbocycles. The number of amides is 1. The first-order valence-electron chi connectivity index (χ1n) is 6.74. The quantitative estimate of drug-likeness (QED) is 0.805. The van der Waals surface area contributed by atoms with Crippen LogP contribution in [0.1, 0.15) is 16.1 Å². The highest BCUT2D eigenvalue weighted by molar-refractivity contribution is 7.13. The maximum absolute atomic E-state index is 12.0. The number of nitrogens with zero attached hydrogens (tertiary/aromatic N) is 2. The minimum Gasteiger partial charge on any atom is -0.497 e. The lowest BCUT2D eigenvalue weighted by molar-refractivity contribution is -0.133. The number of ether oxygens (including phenoxy) is 2. The number of anilines is 1. The second-order valence-corrected chi connectivity index (χ2v) is 5.63. The summed E-state index contributed by atoms with van der Waals surface area (Å²) in [5.74, 6) is -0.222. The average Bonchev–Trinajstić information content (AvgIpc) is 2.99. The monoisotopic (exact) mass is 335 g/mol. The normalized spacial score (nSPS) is 10.2. The molecule has 0 spiro atoms. The topological polar surface area (TPSA) is 94.8 Å². The molecule has 0 aliphatic carbocycles. The first-order chi connectivity index (χ1) is 11.0. The maximum Gasteiger partial charge on any atom is 0.358 e. The van der Waals surface area contributed by atoms with Crippen molar-refractivity contribution >= 4 is 28.3 Å². The largest absolute Gasteiger partial charge is 0.497 e. The molecule has 1 amide bonds. The number of carbonyl (C=O) groups is 2. The summed E-state index contributed by atoms with van der Waals surface area (Å²) in [4.78, 5) is 29.0. The van der Waals surface area contributed by atoms with E-state index in [2.05, 4.69) is 4.98 Å². The standard InChI is InChI=1S/C15H17N3O4S/c1-18(7-10-3-5-11(21-2)6-4-10)13(19)8-22-14(20)12-9-23-15(16)17-12/h3-6,9H,7-8H2,1-2H3,(H2,16,17). The van der Waals surface area contributed by atoms with Gasteiger partial charge in [0, 0.05) is 19.0 Å². The zero-order valence-electron chi connectivity index (χ0n) is 12.8. The molecule has 7 nitrogen and oxygen atoms in total. The third kappa shape index (κ3) is 4.68. The summed E-state index contributed by atoms with van der Waals surface area (Å²) < 4.78 is 10.0. The number of likely N-dealkylation sites (N-methyl/N-ethyl adjacent to an activating group) is 1. The number of aromatic nitrogens is 1. The first-order valence-corrected chi connectivity index (χ1v) is 7.62. The number of methoxy groups -OCH3 is 1. The van der Waals surface area contributed by atoms with Crippen molar-refractivity contribution in [1.82, 2.24) is 9.88 Å². The van der Waals surface area contributed by atoms with Gasteiger partial charge in [0.2, 0.25) is 0 Å². The van der Waals surface area contributed by atoms with E-state index in [1.165, 1.54) is 10.3 Å². The molecule has 2 rings (SSSR count). The van der Waals surface area contributed by atoms with E-state index >= 15 is 0 Å². The van der Waals surface area contributed by atoms with Gasteiger partial charge >= 0.3 is 5.97 Å². The van der Waals surface area contributed by atoms with Gasteiger partial charge in [0.05, 0.1) is 7.11 Å². The average molecular weight is 335 g/mol. The lowest BCUT2D eigenvalue weighted by atomic mass is 10.2. The van der Waals surface area contributed by atoms with Crippen LogP contribution in [-0.4, -0.2) is 42.5 Å². The second kappa shape index (κ2) is 7.59. The predicted octanol–water partition coefficient (Wildman–Crippen LogP) is 1.55. The summed E-state index contributed by atoms with van der Waals surface area (Å²) in [5.41, 5.74) is 6.50. The molecule has 0 saturated carbocycles. The Hall–Kier alpha value is -2.61. The van der Waals surface area contributed by atoms with E-state index in [9.17, 15) is 9.59 Å². The highest BCUT2D eigenvalue weighted by Crippen LogP contribution is 2.13. The molecule has 2 aromatic rings. The zero-order valence-corrected chi connectivity index (χ0v) is 13.6. The lowest BCUT2D eigenvalue weighted by Gasteiger charge is -2.17.